The minimum Gasteiger partial charge on any atom is -0.379 e. The smallest absolute Gasteiger partial charge is 0.180 e. The fourth-order valence-electron chi connectivity index (χ4n) is 1.59. The first kappa shape index (κ1) is 16.6. The Morgan fingerprint density at radius 1 is 1.30 bits per heavy atom. The molecule has 0 radical (unpaired) electrons. The summed E-state index contributed by atoms with van der Waals surface area (Å²) in [4.78, 5) is 0.171. The Hall–Kier alpha value is -1.42. The van der Waals surface area contributed by atoms with Crippen LogP contribution in [0.1, 0.15) is 18.9 Å². The first-order chi connectivity index (χ1) is 9.60. The van der Waals surface area contributed by atoms with Gasteiger partial charge in [0.05, 0.1) is 35.5 Å². The van der Waals surface area contributed by atoms with Crippen molar-refractivity contribution in [2.45, 2.75) is 18.2 Å². The monoisotopic (exact) mass is 296 g/mol. The van der Waals surface area contributed by atoms with E-state index in [2.05, 4.69) is 12.2 Å². The highest BCUT2D eigenvalue weighted by molar-refractivity contribution is 7.91. The first-order valence-electron chi connectivity index (χ1n) is 6.61. The maximum atomic E-state index is 12.0. The van der Waals surface area contributed by atoms with Gasteiger partial charge in [0.25, 0.3) is 0 Å². The quantitative estimate of drug-likeness (QED) is 0.696. The molecule has 0 spiro atoms. The van der Waals surface area contributed by atoms with Crippen LogP contribution >= 0.6 is 0 Å². The molecule has 0 aromatic heterocycles. The second-order valence-electron chi connectivity index (χ2n) is 4.32. The lowest BCUT2D eigenvalue weighted by atomic mass is 10.2. The van der Waals surface area contributed by atoms with E-state index in [0.29, 0.717) is 12.2 Å². The van der Waals surface area contributed by atoms with Crippen molar-refractivity contribution in [3.8, 4) is 6.07 Å². The number of hydrogen-bond donors (Lipinski definition) is 1. The van der Waals surface area contributed by atoms with E-state index in [0.717, 1.165) is 19.5 Å². The highest BCUT2D eigenvalue weighted by Gasteiger charge is 2.14. The molecule has 0 atom stereocenters. The Labute approximate surface area is 120 Å². The van der Waals surface area contributed by atoms with Crippen LogP contribution in [0.4, 0.5) is 0 Å². The van der Waals surface area contributed by atoms with E-state index in [-0.39, 0.29) is 17.3 Å². The van der Waals surface area contributed by atoms with Crippen LogP contribution in [0.2, 0.25) is 0 Å². The van der Waals surface area contributed by atoms with Gasteiger partial charge in [-0.15, -0.1) is 0 Å². The summed E-state index contributed by atoms with van der Waals surface area (Å²) >= 11 is 0. The Morgan fingerprint density at radius 2 is 2.10 bits per heavy atom. The number of nitrogens with zero attached hydrogens (tertiary/aromatic N) is 1. The summed E-state index contributed by atoms with van der Waals surface area (Å²) < 4.78 is 29.3. The van der Waals surface area contributed by atoms with Crippen molar-refractivity contribution in [3.05, 3.63) is 29.8 Å². The molecule has 0 heterocycles. The molecule has 1 rings (SSSR count). The Balaban J connectivity index is 2.40. The van der Waals surface area contributed by atoms with Gasteiger partial charge in [-0.3, -0.25) is 0 Å². The molecule has 1 aromatic rings. The minimum absolute atomic E-state index is 0.0738. The van der Waals surface area contributed by atoms with Gasteiger partial charge in [0.2, 0.25) is 0 Å². The molecule has 1 aromatic carbocycles. The number of nitriles is 1. The van der Waals surface area contributed by atoms with Crippen LogP contribution in [0.3, 0.4) is 0 Å². The Kier molecular flexibility index (Phi) is 7.23. The number of sulfone groups is 1. The standard InChI is InChI=1S/C14H20N2O3S/c1-2-6-16-7-8-19-9-10-20(17,18)14-5-3-4-13(11-14)12-15/h3-5,11,16H,2,6-10H2,1H3. The Bertz CT molecular complexity index is 550. The normalized spacial score (nSPS) is 11.2. The van der Waals surface area contributed by atoms with E-state index in [1.54, 1.807) is 12.1 Å². The zero-order chi connectivity index (χ0) is 14.8. The van der Waals surface area contributed by atoms with Crippen molar-refractivity contribution in [2.75, 3.05) is 32.1 Å². The van der Waals surface area contributed by atoms with Gasteiger partial charge in [0.1, 0.15) is 0 Å². The first-order valence-corrected chi connectivity index (χ1v) is 8.26. The third kappa shape index (κ3) is 5.70. The second-order valence-corrected chi connectivity index (χ2v) is 6.43. The van der Waals surface area contributed by atoms with Gasteiger partial charge in [0.15, 0.2) is 9.84 Å². The molecular formula is C14H20N2O3S. The number of hydrogen-bond acceptors (Lipinski definition) is 5. The molecule has 0 bridgehead atoms. The van der Waals surface area contributed by atoms with Gasteiger partial charge < -0.3 is 10.1 Å². The highest BCUT2D eigenvalue weighted by Crippen LogP contribution is 2.12. The van der Waals surface area contributed by atoms with Gasteiger partial charge >= 0.3 is 0 Å². The fraction of sp³-hybridized carbons (Fsp3) is 0.500. The van der Waals surface area contributed by atoms with Gasteiger partial charge in [0, 0.05) is 6.54 Å². The molecule has 0 aliphatic heterocycles. The van der Waals surface area contributed by atoms with Gasteiger partial charge in [-0.05, 0) is 31.2 Å². The summed E-state index contributed by atoms with van der Waals surface area (Å²) in [5.74, 6) is -0.0738. The lowest BCUT2D eigenvalue weighted by molar-refractivity contribution is 0.151. The average molecular weight is 296 g/mol. The fourth-order valence-corrected chi connectivity index (χ4v) is 2.76. The van der Waals surface area contributed by atoms with E-state index >= 15 is 0 Å². The lowest BCUT2D eigenvalue weighted by Gasteiger charge is -2.07. The van der Waals surface area contributed by atoms with Crippen molar-refractivity contribution in [3.63, 3.8) is 0 Å². The van der Waals surface area contributed by atoms with E-state index in [1.165, 1.54) is 12.1 Å². The molecule has 0 saturated carbocycles. The van der Waals surface area contributed by atoms with Crippen molar-refractivity contribution >= 4 is 9.84 Å². The van der Waals surface area contributed by atoms with Gasteiger partial charge in [-0.1, -0.05) is 13.0 Å². The molecule has 5 nitrogen and oxygen atoms in total. The summed E-state index contributed by atoms with van der Waals surface area (Å²) in [6.45, 7) is 4.39. The molecule has 0 saturated heterocycles. The molecular weight excluding hydrogens is 276 g/mol. The van der Waals surface area contributed by atoms with Crippen LogP contribution in [0.25, 0.3) is 0 Å². The molecule has 0 unspecified atom stereocenters. The van der Waals surface area contributed by atoms with Crippen molar-refractivity contribution in [1.82, 2.24) is 5.32 Å². The Morgan fingerprint density at radius 3 is 2.80 bits per heavy atom. The highest BCUT2D eigenvalue weighted by atomic mass is 32.2. The zero-order valence-corrected chi connectivity index (χ0v) is 12.4. The molecule has 0 aliphatic carbocycles. The number of nitrogens with one attached hydrogen (secondary N) is 1. The molecule has 1 N–H and O–H groups in total. The predicted molar refractivity (Wildman–Crippen MR) is 77.2 cm³/mol. The predicted octanol–water partition coefficient (Wildman–Crippen LogP) is 1.35. The van der Waals surface area contributed by atoms with E-state index in [9.17, 15) is 8.42 Å². The van der Waals surface area contributed by atoms with Crippen LogP contribution in [0, 0.1) is 11.3 Å². The molecule has 110 valence electrons. The molecule has 6 heteroatoms. The number of rotatable bonds is 9. The van der Waals surface area contributed by atoms with Crippen LogP contribution in [-0.2, 0) is 14.6 Å². The van der Waals surface area contributed by atoms with Gasteiger partial charge in [-0.25, -0.2) is 8.42 Å². The number of ether oxygens (including phenoxy) is 1. The summed E-state index contributed by atoms with van der Waals surface area (Å²) in [5.41, 5.74) is 0.343. The van der Waals surface area contributed by atoms with Crippen LogP contribution in [0.15, 0.2) is 29.2 Å². The topological polar surface area (TPSA) is 79.2 Å². The van der Waals surface area contributed by atoms with Crippen molar-refractivity contribution in [1.29, 1.82) is 5.26 Å². The van der Waals surface area contributed by atoms with Crippen LogP contribution in [0.5, 0.6) is 0 Å². The van der Waals surface area contributed by atoms with Crippen LogP contribution in [-0.4, -0.2) is 40.5 Å². The summed E-state index contributed by atoms with van der Waals surface area (Å²) in [6.07, 6.45) is 1.06. The number of benzene rings is 1. The minimum atomic E-state index is -3.39. The maximum absolute atomic E-state index is 12.0. The molecule has 0 aliphatic rings. The van der Waals surface area contributed by atoms with Gasteiger partial charge in [-0.2, -0.15) is 5.26 Å². The average Bonchev–Trinajstić information content (AvgIpc) is 2.46. The zero-order valence-electron chi connectivity index (χ0n) is 11.6. The summed E-state index contributed by atoms with van der Waals surface area (Å²) in [6, 6.07) is 7.97. The van der Waals surface area contributed by atoms with Crippen molar-refractivity contribution in [2.24, 2.45) is 0 Å². The molecule has 0 fully saturated rings. The van der Waals surface area contributed by atoms with E-state index < -0.39 is 9.84 Å². The third-order valence-corrected chi connectivity index (χ3v) is 4.34. The molecule has 20 heavy (non-hydrogen) atoms. The summed E-state index contributed by atoms with van der Waals surface area (Å²) in [5, 5.41) is 11.9. The third-order valence-electron chi connectivity index (χ3n) is 2.67. The maximum Gasteiger partial charge on any atom is 0.180 e. The van der Waals surface area contributed by atoms with Crippen LogP contribution < -0.4 is 5.32 Å². The second kappa shape index (κ2) is 8.69. The molecule has 0 amide bonds. The largest absolute Gasteiger partial charge is 0.379 e. The van der Waals surface area contributed by atoms with E-state index in [4.69, 9.17) is 10.00 Å². The SMILES string of the molecule is CCCNCCOCCS(=O)(=O)c1cccc(C#N)c1. The van der Waals surface area contributed by atoms with Crippen molar-refractivity contribution < 1.29 is 13.2 Å². The van der Waals surface area contributed by atoms with E-state index in [1.807, 2.05) is 6.07 Å². The summed E-state index contributed by atoms with van der Waals surface area (Å²) in [7, 11) is -3.39. The lowest BCUT2D eigenvalue weighted by Crippen LogP contribution is -2.22.